The summed E-state index contributed by atoms with van der Waals surface area (Å²) in [5.41, 5.74) is 11.2. The molecule has 5 aromatic carbocycles. The van der Waals surface area contributed by atoms with Gasteiger partial charge < -0.3 is 75.1 Å². The number of hydrogen-bond donors (Lipinski definition) is 7. The zero-order valence-corrected chi connectivity index (χ0v) is 56.2. The van der Waals surface area contributed by atoms with Crippen LogP contribution >= 0.6 is 0 Å². The third kappa shape index (κ3) is 26.5. The molecule has 0 aromatic heterocycles. The number of rotatable bonds is 27. The molecule has 5 aromatic rings. The maximum absolute atomic E-state index is 12.7. The van der Waals surface area contributed by atoms with Crippen LogP contribution in [0.4, 0.5) is 5.69 Å². The number of aliphatic hydroxyl groups is 2. The highest BCUT2D eigenvalue weighted by Crippen LogP contribution is 2.33. The fourth-order valence-electron chi connectivity index (χ4n) is 11.0. The highest BCUT2D eigenvalue weighted by atomic mass is 16.5. The molecule has 3 aliphatic rings. The molecule has 1 saturated carbocycles. The van der Waals surface area contributed by atoms with E-state index in [4.69, 9.17) is 43.6 Å². The number of amides is 4. The summed E-state index contributed by atoms with van der Waals surface area (Å²) in [7, 11) is 6.38. The van der Waals surface area contributed by atoms with Gasteiger partial charge in [0.05, 0.1) is 67.7 Å². The van der Waals surface area contributed by atoms with Crippen molar-refractivity contribution < 1.29 is 86.5 Å². The van der Waals surface area contributed by atoms with E-state index >= 15 is 0 Å². The van der Waals surface area contributed by atoms with Crippen molar-refractivity contribution in [2.45, 2.75) is 148 Å². The fourth-order valence-corrected chi connectivity index (χ4v) is 11.0. The average molecular weight is 1330 g/mol. The van der Waals surface area contributed by atoms with Gasteiger partial charge in [-0.1, -0.05) is 79.9 Å². The summed E-state index contributed by atoms with van der Waals surface area (Å²) < 4.78 is 40.0. The molecule has 1 fully saturated rings. The summed E-state index contributed by atoms with van der Waals surface area (Å²) in [4.78, 5) is 95.4. The van der Waals surface area contributed by atoms with Crippen LogP contribution in [0.1, 0.15) is 126 Å². The number of benzene rings is 5. The summed E-state index contributed by atoms with van der Waals surface area (Å²) in [6, 6.07) is 36.6. The number of methoxy groups -OCH3 is 4. The zero-order valence-electron chi connectivity index (χ0n) is 56.2. The van der Waals surface area contributed by atoms with Crippen molar-refractivity contribution in [3.63, 3.8) is 0 Å². The number of aliphatic hydroxyl groups excluding tert-OH is 2. The lowest BCUT2D eigenvalue weighted by atomic mass is 9.84. The summed E-state index contributed by atoms with van der Waals surface area (Å²) in [6.07, 6.45) is 8.64. The topological polar surface area (TPSA) is 325 Å². The standard InChI is InChI=1S/C26H30N2O4.C18H25NO6.C16H19NO5.C13H19NO3/c1-32-22-9-5-6-17(15-22)14-21-16-23(29)24(26(31)28-21)25(30)27-20-12-10-19(11-13-20)18-7-3-2-4-8-18;1-4-24-17(21)11-14(19-16(20)12-18(22)25-5-2)9-13-7-6-8-15(10-13)23-3;1-3-22-16(20)14-13(18)9-11(17-15(14)19)7-10-5-4-6-12(8-10)21-2;1-3-17-13(15)9-11(14)7-10-5-4-6-12(8-10)16-2/h5-6,9-13,15,18,21,29H,2-4,7-8,14,16H2,1H3,(H,27,30)(H,28,31);6-8,10,14H,4-5,9,11-12H2,1-3H3,(H,19,20);4-6,8,11,18H,3,7,9H2,1-2H3,(H,17,19);4-6,8,11H,3,7,9,14H2,1-2H3. The van der Waals surface area contributed by atoms with Crippen LogP contribution in [0.3, 0.4) is 0 Å². The molecule has 4 amide bonds. The van der Waals surface area contributed by atoms with E-state index in [1.165, 1.54) is 37.7 Å². The van der Waals surface area contributed by atoms with Gasteiger partial charge in [-0.05, 0) is 161 Å². The van der Waals surface area contributed by atoms with Gasteiger partial charge in [-0.15, -0.1) is 0 Å². The van der Waals surface area contributed by atoms with E-state index in [1.807, 2.05) is 121 Å². The van der Waals surface area contributed by atoms with E-state index in [2.05, 4.69) is 21.3 Å². The van der Waals surface area contributed by atoms with Crippen molar-refractivity contribution in [1.29, 1.82) is 0 Å². The largest absolute Gasteiger partial charge is 0.511 e. The summed E-state index contributed by atoms with van der Waals surface area (Å²) in [5, 5.41) is 31.5. The maximum Gasteiger partial charge on any atom is 0.347 e. The van der Waals surface area contributed by atoms with Gasteiger partial charge in [0.25, 0.3) is 17.7 Å². The minimum atomic E-state index is -0.794. The number of esters is 4. The van der Waals surface area contributed by atoms with Crippen LogP contribution in [0.15, 0.2) is 144 Å². The molecule has 23 heteroatoms. The van der Waals surface area contributed by atoms with Crippen LogP contribution in [-0.2, 0) is 83.0 Å². The van der Waals surface area contributed by atoms with Crippen LogP contribution in [0.5, 0.6) is 23.0 Å². The number of hydrogen-bond acceptors (Lipinski definition) is 19. The van der Waals surface area contributed by atoms with Crippen molar-refractivity contribution >= 4 is 53.2 Å². The van der Waals surface area contributed by atoms with E-state index in [0.717, 1.165) is 39.5 Å². The Labute approximate surface area is 561 Å². The number of carbonyl (C=O) groups is 8. The van der Waals surface area contributed by atoms with E-state index in [1.54, 1.807) is 56.1 Å². The number of carbonyl (C=O) groups excluding carboxylic acids is 8. The predicted octanol–water partition coefficient (Wildman–Crippen LogP) is 9.27. The van der Waals surface area contributed by atoms with Gasteiger partial charge in [0.2, 0.25) is 5.91 Å². The van der Waals surface area contributed by atoms with Crippen LogP contribution in [0, 0.1) is 0 Å². The van der Waals surface area contributed by atoms with Crippen LogP contribution in [-0.4, -0.2) is 137 Å². The Morgan fingerprint density at radius 2 is 0.958 bits per heavy atom. The molecule has 4 atom stereocenters. The molecule has 23 nitrogen and oxygen atoms in total. The number of anilines is 1. The highest BCUT2D eigenvalue weighted by Gasteiger charge is 2.34. The molecule has 0 saturated heterocycles. The first-order valence-corrected chi connectivity index (χ1v) is 32.3. The first-order valence-electron chi connectivity index (χ1n) is 32.3. The SMILES string of the molecule is CCOC(=O)C1=C(O)CC(Cc2cccc(OC)c2)NC1=O.CCOC(=O)CC(=O)NC(CC(=O)OCC)Cc1cccc(OC)c1.CCOC(=O)CC(N)Cc1cccc(OC)c1.COc1cccc(CC2CC(O)=C(C(=O)Nc3ccc(C4CCCCC4)cc3)C(=O)N2)c1. The Kier molecular flexibility index (Phi) is 32.8. The van der Waals surface area contributed by atoms with E-state index in [0.29, 0.717) is 49.6 Å². The molecule has 2 heterocycles. The maximum atomic E-state index is 12.7. The third-order valence-corrected chi connectivity index (χ3v) is 15.4. The number of ether oxygens (including phenoxy) is 8. The Balaban J connectivity index is 0.000000237. The van der Waals surface area contributed by atoms with Gasteiger partial charge in [0.1, 0.15) is 46.5 Å². The minimum absolute atomic E-state index is 0.0135. The molecule has 2 aliphatic heterocycles. The molecule has 518 valence electrons. The summed E-state index contributed by atoms with van der Waals surface area (Å²) in [5.74, 6) is -1.17. The minimum Gasteiger partial charge on any atom is -0.511 e. The van der Waals surface area contributed by atoms with Crippen molar-refractivity contribution in [1.82, 2.24) is 16.0 Å². The lowest BCUT2D eigenvalue weighted by Crippen LogP contribution is -2.44. The van der Waals surface area contributed by atoms with Crippen molar-refractivity contribution in [2.24, 2.45) is 5.73 Å². The van der Waals surface area contributed by atoms with Crippen molar-refractivity contribution in [3.05, 3.63) is 172 Å². The molecule has 8 rings (SSSR count). The quantitative estimate of drug-likeness (QED) is 0.0111. The number of nitrogens with one attached hydrogen (secondary N) is 4. The van der Waals surface area contributed by atoms with Crippen molar-refractivity contribution in [3.8, 4) is 23.0 Å². The lowest BCUT2D eigenvalue weighted by Gasteiger charge is -2.25. The molecule has 0 spiro atoms. The molecule has 8 N–H and O–H groups in total. The molecular weight excluding hydrogens is 1230 g/mol. The van der Waals surface area contributed by atoms with Crippen molar-refractivity contribution in [2.75, 3.05) is 60.2 Å². The predicted molar refractivity (Wildman–Crippen MR) is 360 cm³/mol. The Bertz CT molecular complexity index is 3430. The van der Waals surface area contributed by atoms with E-state index in [9.17, 15) is 48.6 Å². The Hall–Kier alpha value is -9.90. The van der Waals surface area contributed by atoms with Gasteiger partial charge in [-0.2, -0.15) is 0 Å². The highest BCUT2D eigenvalue weighted by molar-refractivity contribution is 6.23. The second-order valence-corrected chi connectivity index (χ2v) is 22.8. The first kappa shape index (κ1) is 76.8. The van der Waals surface area contributed by atoms with Crippen LogP contribution in [0.25, 0.3) is 0 Å². The Morgan fingerprint density at radius 1 is 0.531 bits per heavy atom. The lowest BCUT2D eigenvalue weighted by molar-refractivity contribution is -0.147. The monoisotopic (exact) mass is 1330 g/mol. The molecule has 1 aliphatic carbocycles. The van der Waals surface area contributed by atoms with Gasteiger partial charge in [0, 0.05) is 42.7 Å². The first-order chi connectivity index (χ1) is 46.2. The fraction of sp³-hybridized carbons (Fsp3) is 0.425. The average Bonchev–Trinajstić information content (AvgIpc) is 0.831. The molecular formula is C73H93N5O18. The second-order valence-electron chi connectivity index (χ2n) is 22.8. The third-order valence-electron chi connectivity index (χ3n) is 15.4. The number of nitrogens with two attached hydrogens (primary N) is 1. The molecule has 0 bridgehead atoms. The van der Waals surface area contributed by atoms with Crippen LogP contribution < -0.4 is 45.9 Å². The molecule has 0 radical (unpaired) electrons. The second kappa shape index (κ2) is 41.0. The molecule has 96 heavy (non-hydrogen) atoms. The summed E-state index contributed by atoms with van der Waals surface area (Å²) >= 11 is 0. The molecule has 4 unspecified atom stereocenters. The van der Waals surface area contributed by atoms with E-state index < -0.39 is 47.6 Å². The van der Waals surface area contributed by atoms with Gasteiger partial charge in [-0.25, -0.2) is 4.79 Å². The smallest absolute Gasteiger partial charge is 0.347 e. The van der Waals surface area contributed by atoms with Gasteiger partial charge in [0.15, 0.2) is 5.57 Å². The van der Waals surface area contributed by atoms with Crippen LogP contribution in [0.2, 0.25) is 0 Å². The van der Waals surface area contributed by atoms with Gasteiger partial charge in [-0.3, -0.25) is 33.6 Å². The van der Waals surface area contributed by atoms with E-state index in [-0.39, 0.29) is 98.7 Å². The normalized spacial score (nSPS) is 15.6. The Morgan fingerprint density at radius 3 is 1.42 bits per heavy atom. The zero-order chi connectivity index (χ0) is 69.9. The summed E-state index contributed by atoms with van der Waals surface area (Å²) in [6.45, 7) is 7.83. The van der Waals surface area contributed by atoms with Gasteiger partial charge >= 0.3 is 23.9 Å².